The number of carbonyl (C=O) groups is 3. The molecule has 222 valence electrons. The molecule has 1 amide bonds. The normalized spacial score (nSPS) is 20.7. The summed E-state index contributed by atoms with van der Waals surface area (Å²) in [6.45, 7) is 4.99. The van der Waals surface area contributed by atoms with E-state index in [0.29, 0.717) is 12.5 Å². The highest BCUT2D eigenvalue weighted by molar-refractivity contribution is 5.81. The van der Waals surface area contributed by atoms with Gasteiger partial charge in [0.25, 0.3) is 0 Å². The fraction of sp³-hybridized carbons (Fsp3) is 0.522. The first-order valence-corrected chi connectivity index (χ1v) is 11.6. The first kappa shape index (κ1) is 32.5. The van der Waals surface area contributed by atoms with Crippen molar-refractivity contribution in [3.63, 3.8) is 0 Å². The summed E-state index contributed by atoms with van der Waals surface area (Å²) in [6.07, 6.45) is -5.06. The van der Waals surface area contributed by atoms with Gasteiger partial charge in [-0.1, -0.05) is 11.2 Å². The van der Waals surface area contributed by atoms with Crippen LogP contribution in [0.1, 0.15) is 29.9 Å². The number of piperidine rings is 1. The minimum absolute atomic E-state index is 0.0260. The van der Waals surface area contributed by atoms with Gasteiger partial charge in [-0.3, -0.25) is 14.7 Å². The van der Waals surface area contributed by atoms with Gasteiger partial charge in [-0.2, -0.15) is 26.3 Å². The van der Waals surface area contributed by atoms with Crippen molar-refractivity contribution in [2.24, 2.45) is 5.92 Å². The number of carboxylic acids is 2. The van der Waals surface area contributed by atoms with E-state index in [0.717, 1.165) is 49.5 Å². The number of amides is 1. The minimum Gasteiger partial charge on any atom is -0.475 e. The maximum absolute atomic E-state index is 12.4. The summed E-state index contributed by atoms with van der Waals surface area (Å²) in [5.41, 5.74) is 1.94. The summed E-state index contributed by atoms with van der Waals surface area (Å²) in [5, 5.41) is 21.3. The quantitative estimate of drug-likeness (QED) is 0.447. The van der Waals surface area contributed by atoms with Crippen molar-refractivity contribution < 1.29 is 60.2 Å². The van der Waals surface area contributed by atoms with Crippen LogP contribution in [0.5, 0.6) is 0 Å². The molecule has 0 radical (unpaired) electrons. The number of likely N-dealkylation sites (tertiary alicyclic amines) is 1. The molecule has 40 heavy (non-hydrogen) atoms. The molecule has 2 aromatic rings. The molecule has 3 atom stereocenters. The third-order valence-electron chi connectivity index (χ3n) is 5.67. The van der Waals surface area contributed by atoms with E-state index in [1.807, 2.05) is 25.1 Å². The number of hydrogen-bond acceptors (Lipinski definition) is 8. The van der Waals surface area contributed by atoms with Crippen LogP contribution in [0.15, 0.2) is 35.1 Å². The van der Waals surface area contributed by atoms with E-state index in [1.165, 1.54) is 0 Å². The fourth-order valence-electron chi connectivity index (χ4n) is 3.83. The molecule has 4 heterocycles. The Balaban J connectivity index is 0.000000333. The molecule has 0 saturated carbocycles. The predicted octanol–water partition coefficient (Wildman–Crippen LogP) is 2.94. The molecule has 4 rings (SSSR count). The summed E-state index contributed by atoms with van der Waals surface area (Å²) >= 11 is 0. The molecule has 2 fully saturated rings. The van der Waals surface area contributed by atoms with E-state index in [2.05, 4.69) is 20.4 Å². The maximum Gasteiger partial charge on any atom is 0.490 e. The number of halogens is 6. The topological polar surface area (TPSA) is 155 Å². The first-order chi connectivity index (χ1) is 18.6. The molecule has 17 heteroatoms. The molecule has 2 aromatic heterocycles. The van der Waals surface area contributed by atoms with Crippen LogP contribution in [0.2, 0.25) is 0 Å². The van der Waals surface area contributed by atoms with Gasteiger partial charge in [0.15, 0.2) is 0 Å². The zero-order valence-electron chi connectivity index (χ0n) is 20.9. The summed E-state index contributed by atoms with van der Waals surface area (Å²) in [6, 6.07) is 5.79. The van der Waals surface area contributed by atoms with Gasteiger partial charge >= 0.3 is 24.3 Å². The van der Waals surface area contributed by atoms with Gasteiger partial charge in [0.2, 0.25) is 5.91 Å². The number of aliphatic carboxylic acids is 2. The Hall–Kier alpha value is -3.73. The molecule has 0 aliphatic carbocycles. The van der Waals surface area contributed by atoms with Crippen molar-refractivity contribution >= 4 is 17.8 Å². The van der Waals surface area contributed by atoms with Gasteiger partial charge in [-0.05, 0) is 43.9 Å². The zero-order chi connectivity index (χ0) is 30.1. The van der Waals surface area contributed by atoms with Gasteiger partial charge < -0.3 is 24.8 Å². The lowest BCUT2D eigenvalue weighted by Gasteiger charge is -2.33. The van der Waals surface area contributed by atoms with Crippen molar-refractivity contribution in [2.75, 3.05) is 13.1 Å². The number of ether oxygens (including phenoxy) is 1. The number of hydrogen-bond donors (Lipinski definition) is 3. The van der Waals surface area contributed by atoms with Gasteiger partial charge in [-0.25, -0.2) is 9.59 Å². The third kappa shape index (κ3) is 10.8. The highest BCUT2D eigenvalue weighted by atomic mass is 19.4. The third-order valence-corrected chi connectivity index (χ3v) is 5.67. The van der Waals surface area contributed by atoms with E-state index in [-0.39, 0.29) is 18.1 Å². The molecule has 0 aromatic carbocycles. The second kappa shape index (κ2) is 14.1. The largest absolute Gasteiger partial charge is 0.490 e. The average Bonchev–Trinajstić information content (AvgIpc) is 3.48. The highest BCUT2D eigenvalue weighted by Crippen LogP contribution is 2.33. The summed E-state index contributed by atoms with van der Waals surface area (Å²) in [4.78, 5) is 36.6. The number of aromatic nitrogens is 2. The minimum atomic E-state index is -5.08. The number of aryl methyl sites for hydroxylation is 1. The van der Waals surface area contributed by atoms with Crippen molar-refractivity contribution in [2.45, 2.75) is 57.4 Å². The molecule has 2 aliphatic heterocycles. The molecular weight excluding hydrogens is 558 g/mol. The second-order valence-electron chi connectivity index (χ2n) is 8.80. The Kier molecular flexibility index (Phi) is 11.4. The Morgan fingerprint density at radius 3 is 2.25 bits per heavy atom. The van der Waals surface area contributed by atoms with Crippen LogP contribution in [0.25, 0.3) is 0 Å². The van der Waals surface area contributed by atoms with Crippen LogP contribution in [-0.4, -0.2) is 80.7 Å². The first-order valence-electron chi connectivity index (χ1n) is 11.6. The van der Waals surface area contributed by atoms with Gasteiger partial charge in [0.05, 0.1) is 11.8 Å². The fourth-order valence-corrected chi connectivity index (χ4v) is 3.83. The van der Waals surface area contributed by atoms with E-state index in [4.69, 9.17) is 29.1 Å². The molecule has 2 aliphatic rings. The van der Waals surface area contributed by atoms with E-state index in [9.17, 15) is 31.1 Å². The molecule has 0 unspecified atom stereocenters. The number of carbonyl (C=O) groups excluding carboxylic acids is 1. The number of carboxylic acid groups (broad SMARTS) is 2. The molecule has 3 N–H and O–H groups in total. The van der Waals surface area contributed by atoms with Gasteiger partial charge in [0.1, 0.15) is 11.9 Å². The Labute approximate surface area is 223 Å². The number of nitrogens with zero attached hydrogens (tertiary/aromatic N) is 3. The standard InChI is InChI=1S/C19H24N4O3.2C2HF3O2/c1-13-7-16(22-26-13)11-23-6-4-15-8-17(25-18(15)12-23)19(24)21-10-14-3-2-5-20-9-14;2*3-2(4,5)1(6)7/h2-3,5,7,9,15,17-18H,4,6,8,10-12H2,1H3,(H,21,24);2*(H,6,7)/t15-,17-,18+;;/m0../s1. The molecule has 0 bridgehead atoms. The lowest BCUT2D eigenvalue weighted by molar-refractivity contribution is -0.193. The monoisotopic (exact) mass is 584 g/mol. The Morgan fingerprint density at radius 2 is 1.75 bits per heavy atom. The number of rotatable bonds is 5. The highest BCUT2D eigenvalue weighted by Gasteiger charge is 2.42. The molecule has 2 saturated heterocycles. The molecular formula is C23H26F6N4O7. The summed E-state index contributed by atoms with van der Waals surface area (Å²) < 4.78 is 74.7. The van der Waals surface area contributed by atoms with Crippen molar-refractivity contribution in [1.82, 2.24) is 20.4 Å². The molecule has 11 nitrogen and oxygen atoms in total. The number of nitrogens with one attached hydrogen (secondary N) is 1. The van der Waals surface area contributed by atoms with Crippen LogP contribution in [-0.2, 0) is 32.2 Å². The number of fused-ring (bicyclic) bond motifs is 1. The Morgan fingerprint density at radius 1 is 1.12 bits per heavy atom. The van der Waals surface area contributed by atoms with Gasteiger partial charge in [0, 0.05) is 38.1 Å². The number of alkyl halides is 6. The van der Waals surface area contributed by atoms with Crippen molar-refractivity contribution in [3.05, 3.63) is 47.6 Å². The van der Waals surface area contributed by atoms with Crippen LogP contribution in [0.3, 0.4) is 0 Å². The van der Waals surface area contributed by atoms with Crippen LogP contribution in [0, 0.1) is 12.8 Å². The Bertz CT molecular complexity index is 1100. The summed E-state index contributed by atoms with van der Waals surface area (Å²) in [5.74, 6) is -4.25. The SMILES string of the molecule is Cc1cc(CN2CC[C@H]3C[C@@H](C(=O)NCc4cccnc4)O[C@@H]3C2)no1.O=C(O)C(F)(F)F.O=C(O)C(F)(F)F. The van der Waals surface area contributed by atoms with E-state index < -0.39 is 24.3 Å². The van der Waals surface area contributed by atoms with Crippen molar-refractivity contribution in [3.8, 4) is 0 Å². The lowest BCUT2D eigenvalue weighted by atomic mass is 9.91. The maximum atomic E-state index is 12.4. The number of pyridine rings is 1. The summed E-state index contributed by atoms with van der Waals surface area (Å²) in [7, 11) is 0. The predicted molar refractivity (Wildman–Crippen MR) is 121 cm³/mol. The van der Waals surface area contributed by atoms with Gasteiger partial charge in [-0.15, -0.1) is 0 Å². The van der Waals surface area contributed by atoms with E-state index in [1.54, 1.807) is 12.4 Å². The smallest absolute Gasteiger partial charge is 0.475 e. The zero-order valence-corrected chi connectivity index (χ0v) is 20.9. The van der Waals surface area contributed by atoms with Crippen LogP contribution in [0.4, 0.5) is 26.3 Å². The van der Waals surface area contributed by atoms with E-state index >= 15 is 0 Å². The van der Waals surface area contributed by atoms with Crippen molar-refractivity contribution in [1.29, 1.82) is 0 Å². The average molecular weight is 584 g/mol. The lowest BCUT2D eigenvalue weighted by Crippen LogP contribution is -2.42. The second-order valence-corrected chi connectivity index (χ2v) is 8.80. The van der Waals surface area contributed by atoms with Crippen LogP contribution >= 0.6 is 0 Å². The molecule has 0 spiro atoms. The van der Waals surface area contributed by atoms with Crippen LogP contribution < -0.4 is 5.32 Å².